The Hall–Kier alpha value is -4.15. The molecular weight excluding hydrogens is 492 g/mol. The number of nitrogens with one attached hydrogen (secondary N) is 4. The van der Waals surface area contributed by atoms with Gasteiger partial charge in [-0.1, -0.05) is 20.8 Å². The molecule has 10 nitrogen and oxygen atoms in total. The quantitative estimate of drug-likeness (QED) is 0.119. The molecule has 0 unspecified atom stereocenters. The molecule has 0 radical (unpaired) electrons. The molecule has 1 aromatic heterocycles. The maximum absolute atomic E-state index is 8.95. The highest BCUT2D eigenvalue weighted by atomic mass is 16.6. The van der Waals surface area contributed by atoms with E-state index in [1.54, 1.807) is 7.05 Å². The van der Waals surface area contributed by atoms with Crippen LogP contribution in [0.1, 0.15) is 31.9 Å². The number of nitrogens with two attached hydrogens (primary N) is 1. The summed E-state index contributed by atoms with van der Waals surface area (Å²) in [6.07, 6.45) is 3.41. The highest BCUT2D eigenvalue weighted by molar-refractivity contribution is 6.16. The van der Waals surface area contributed by atoms with Crippen molar-refractivity contribution in [1.29, 1.82) is 5.41 Å². The first-order valence-electron chi connectivity index (χ1n) is 12.8. The molecule has 1 heterocycles. The molecule has 208 valence electrons. The van der Waals surface area contributed by atoms with Crippen LogP contribution in [0.2, 0.25) is 0 Å². The fourth-order valence-electron chi connectivity index (χ4n) is 3.72. The molecule has 10 heteroatoms. The van der Waals surface area contributed by atoms with Gasteiger partial charge >= 0.3 is 0 Å². The van der Waals surface area contributed by atoms with Gasteiger partial charge < -0.3 is 30.4 Å². The standard InChI is InChI=1S/C29H40N8O2/c1-29(2,3)24(39-31)15-16-33-21-9-11-22(12-10-21)36-28-25(27(32-4)34-19-35-28)26(30)20-7-13-23(14-8-20)38-18-17-37(5)6/h7-15,19,30,33H,16-18,31H2,1-6H3,(H2,32,34,35,36)/b24-15-,30-26?. The number of anilines is 4. The maximum atomic E-state index is 8.95. The number of ether oxygens (including phenoxy) is 1. The van der Waals surface area contributed by atoms with E-state index in [1.807, 2.05) is 89.5 Å². The summed E-state index contributed by atoms with van der Waals surface area (Å²) >= 11 is 0. The predicted octanol–water partition coefficient (Wildman–Crippen LogP) is 4.85. The van der Waals surface area contributed by atoms with Crippen LogP contribution in [0.4, 0.5) is 23.0 Å². The van der Waals surface area contributed by atoms with Crippen molar-refractivity contribution in [2.45, 2.75) is 20.8 Å². The van der Waals surface area contributed by atoms with Crippen LogP contribution in [0.15, 0.2) is 66.7 Å². The lowest BCUT2D eigenvalue weighted by atomic mass is 9.93. The summed E-state index contributed by atoms with van der Waals surface area (Å²) in [6.45, 7) is 8.14. The largest absolute Gasteiger partial charge is 0.492 e. The molecular formula is C29H40N8O2. The molecule has 0 saturated heterocycles. The van der Waals surface area contributed by atoms with Crippen molar-refractivity contribution in [3.63, 3.8) is 0 Å². The Morgan fingerprint density at radius 2 is 1.64 bits per heavy atom. The maximum Gasteiger partial charge on any atom is 0.145 e. The van der Waals surface area contributed by atoms with E-state index in [0.717, 1.165) is 35.0 Å². The lowest BCUT2D eigenvalue weighted by Crippen LogP contribution is -2.19. The van der Waals surface area contributed by atoms with Gasteiger partial charge in [-0.05, 0) is 68.7 Å². The normalized spacial score (nSPS) is 11.7. The average molecular weight is 533 g/mol. The second-order valence-electron chi connectivity index (χ2n) is 10.3. The average Bonchev–Trinajstić information content (AvgIpc) is 2.91. The summed E-state index contributed by atoms with van der Waals surface area (Å²) in [7, 11) is 5.79. The van der Waals surface area contributed by atoms with E-state index in [9.17, 15) is 0 Å². The van der Waals surface area contributed by atoms with Gasteiger partial charge in [-0.15, -0.1) is 0 Å². The molecule has 3 rings (SSSR count). The van der Waals surface area contributed by atoms with Crippen molar-refractivity contribution in [1.82, 2.24) is 14.9 Å². The summed E-state index contributed by atoms with van der Waals surface area (Å²) in [5.74, 6) is 7.99. The molecule has 0 aliphatic rings. The first kappa shape index (κ1) is 29.4. The minimum absolute atomic E-state index is 0.166. The number of likely N-dealkylation sites (N-methyl/N-ethyl adjacent to an activating group) is 1. The number of hydrogen-bond acceptors (Lipinski definition) is 10. The number of nitrogens with zero attached hydrogens (tertiary/aromatic N) is 3. The van der Waals surface area contributed by atoms with Gasteiger partial charge in [-0.2, -0.15) is 5.90 Å². The molecule has 0 atom stereocenters. The molecule has 2 aromatic carbocycles. The Morgan fingerprint density at radius 3 is 2.23 bits per heavy atom. The van der Waals surface area contributed by atoms with E-state index in [4.69, 9.17) is 20.9 Å². The summed E-state index contributed by atoms with van der Waals surface area (Å²) < 4.78 is 5.79. The van der Waals surface area contributed by atoms with Crippen LogP contribution in [-0.2, 0) is 4.84 Å². The van der Waals surface area contributed by atoms with Crippen molar-refractivity contribution in [3.8, 4) is 5.75 Å². The van der Waals surface area contributed by atoms with Crippen molar-refractivity contribution < 1.29 is 9.57 Å². The van der Waals surface area contributed by atoms with E-state index in [-0.39, 0.29) is 5.41 Å². The molecule has 0 fully saturated rings. The van der Waals surface area contributed by atoms with E-state index in [2.05, 4.69) is 30.8 Å². The topological polar surface area (TPSA) is 133 Å². The molecule has 3 aromatic rings. The summed E-state index contributed by atoms with van der Waals surface area (Å²) in [4.78, 5) is 15.9. The van der Waals surface area contributed by atoms with Crippen molar-refractivity contribution in [2.24, 2.45) is 11.3 Å². The zero-order valence-corrected chi connectivity index (χ0v) is 23.6. The zero-order chi connectivity index (χ0) is 28.4. The minimum atomic E-state index is -0.166. The molecule has 0 aliphatic heterocycles. The van der Waals surface area contributed by atoms with Gasteiger partial charge in [0.05, 0.1) is 11.3 Å². The minimum Gasteiger partial charge on any atom is -0.492 e. The van der Waals surface area contributed by atoms with Gasteiger partial charge in [0.1, 0.15) is 36.1 Å². The van der Waals surface area contributed by atoms with Crippen LogP contribution >= 0.6 is 0 Å². The number of rotatable bonds is 13. The van der Waals surface area contributed by atoms with E-state index in [1.165, 1.54) is 6.33 Å². The SMILES string of the molecule is CNc1ncnc(Nc2ccc(NC/C=C(\ON)C(C)(C)C)cc2)c1C(=N)c1ccc(OCCN(C)C)cc1. The summed E-state index contributed by atoms with van der Waals surface area (Å²) in [5.41, 5.74) is 3.21. The van der Waals surface area contributed by atoms with Crippen LogP contribution in [-0.4, -0.2) is 61.4 Å². The van der Waals surface area contributed by atoms with Gasteiger partial charge in [0, 0.05) is 42.5 Å². The molecule has 6 N–H and O–H groups in total. The van der Waals surface area contributed by atoms with Crippen LogP contribution in [0.5, 0.6) is 5.75 Å². The molecule has 39 heavy (non-hydrogen) atoms. The Morgan fingerprint density at radius 1 is 1.00 bits per heavy atom. The first-order chi connectivity index (χ1) is 18.6. The first-order valence-corrected chi connectivity index (χ1v) is 12.8. The highest BCUT2D eigenvalue weighted by Crippen LogP contribution is 2.28. The summed E-state index contributed by atoms with van der Waals surface area (Å²) in [5, 5.41) is 18.7. The Kier molecular flexibility index (Phi) is 10.2. The third-order valence-electron chi connectivity index (χ3n) is 5.89. The Labute approximate surface area is 231 Å². The third kappa shape index (κ3) is 8.42. The molecule has 0 saturated carbocycles. The predicted molar refractivity (Wildman–Crippen MR) is 159 cm³/mol. The monoisotopic (exact) mass is 532 g/mol. The molecule has 0 spiro atoms. The van der Waals surface area contributed by atoms with Crippen LogP contribution in [0.3, 0.4) is 0 Å². The van der Waals surface area contributed by atoms with E-state index < -0.39 is 0 Å². The molecule has 0 amide bonds. The second-order valence-corrected chi connectivity index (χ2v) is 10.3. The van der Waals surface area contributed by atoms with Gasteiger partial charge in [0.25, 0.3) is 0 Å². The molecule has 0 aliphatic carbocycles. The van der Waals surface area contributed by atoms with Gasteiger partial charge in [-0.25, -0.2) is 9.97 Å². The van der Waals surface area contributed by atoms with Crippen molar-refractivity contribution in [3.05, 3.63) is 77.8 Å². The fraction of sp³-hybridized carbons (Fsp3) is 0.345. The lowest BCUT2D eigenvalue weighted by Gasteiger charge is -2.20. The number of benzene rings is 2. The fourth-order valence-corrected chi connectivity index (χ4v) is 3.72. The number of allylic oxidation sites excluding steroid dienone is 1. The van der Waals surface area contributed by atoms with E-state index >= 15 is 0 Å². The number of hydrogen-bond donors (Lipinski definition) is 5. The third-order valence-corrected chi connectivity index (χ3v) is 5.89. The Bertz CT molecular complexity index is 1250. The second kappa shape index (κ2) is 13.6. The van der Waals surface area contributed by atoms with Crippen LogP contribution in [0, 0.1) is 10.8 Å². The lowest BCUT2D eigenvalue weighted by molar-refractivity contribution is 0.155. The molecule has 0 bridgehead atoms. The van der Waals surface area contributed by atoms with Crippen LogP contribution in [0.25, 0.3) is 0 Å². The van der Waals surface area contributed by atoms with Crippen molar-refractivity contribution in [2.75, 3.05) is 56.8 Å². The zero-order valence-electron chi connectivity index (χ0n) is 23.6. The smallest absolute Gasteiger partial charge is 0.145 e. The highest BCUT2D eigenvalue weighted by Gasteiger charge is 2.19. The Balaban J connectivity index is 1.73. The van der Waals surface area contributed by atoms with Crippen molar-refractivity contribution >= 4 is 28.7 Å². The summed E-state index contributed by atoms with van der Waals surface area (Å²) in [6, 6.07) is 15.3. The van der Waals surface area contributed by atoms with Gasteiger partial charge in [0.2, 0.25) is 0 Å². The number of aromatic nitrogens is 2. The van der Waals surface area contributed by atoms with Crippen LogP contribution < -0.4 is 26.6 Å². The van der Waals surface area contributed by atoms with Gasteiger partial charge in [0.15, 0.2) is 0 Å². The van der Waals surface area contributed by atoms with Gasteiger partial charge in [-0.3, -0.25) is 5.41 Å². The van der Waals surface area contributed by atoms with E-state index in [0.29, 0.717) is 36.1 Å².